The molecule has 0 spiro atoms. The predicted molar refractivity (Wildman–Crippen MR) is 94.0 cm³/mol. The van der Waals surface area contributed by atoms with Crippen LogP contribution in [0, 0.1) is 0 Å². The van der Waals surface area contributed by atoms with Crippen molar-refractivity contribution < 1.29 is 4.79 Å². The third kappa shape index (κ3) is 3.36. The van der Waals surface area contributed by atoms with Crippen LogP contribution in [0.1, 0.15) is 10.4 Å². The molecule has 9 heteroatoms. The van der Waals surface area contributed by atoms with Gasteiger partial charge in [-0.2, -0.15) is 4.98 Å². The summed E-state index contributed by atoms with van der Waals surface area (Å²) in [5, 5.41) is 3.90. The highest BCUT2D eigenvalue weighted by molar-refractivity contribution is 7.22. The zero-order valence-corrected chi connectivity index (χ0v) is 14.5. The Morgan fingerprint density at radius 1 is 1.26 bits per heavy atom. The smallest absolute Gasteiger partial charge is 0.258 e. The van der Waals surface area contributed by atoms with Gasteiger partial charge < -0.3 is 4.90 Å². The van der Waals surface area contributed by atoms with Gasteiger partial charge in [0.1, 0.15) is 5.52 Å². The van der Waals surface area contributed by atoms with Crippen molar-refractivity contribution in [3.8, 4) is 0 Å². The molecule has 0 bridgehead atoms. The van der Waals surface area contributed by atoms with Crippen LogP contribution in [-0.4, -0.2) is 35.0 Å². The van der Waals surface area contributed by atoms with Crippen molar-refractivity contribution in [2.45, 2.75) is 0 Å². The highest BCUT2D eigenvalue weighted by Crippen LogP contribution is 2.27. The number of anilines is 2. The number of halogens is 2. The van der Waals surface area contributed by atoms with Gasteiger partial charge in [-0.05, 0) is 18.2 Å². The number of amides is 1. The van der Waals surface area contributed by atoms with Crippen LogP contribution in [0.15, 0.2) is 24.4 Å². The van der Waals surface area contributed by atoms with E-state index in [0.29, 0.717) is 32.0 Å². The lowest BCUT2D eigenvalue weighted by molar-refractivity contribution is 0.102. The quantitative estimate of drug-likeness (QED) is 0.763. The lowest BCUT2D eigenvalue weighted by Crippen LogP contribution is -2.12. The number of nitrogens with one attached hydrogen (secondary N) is 1. The minimum Gasteiger partial charge on any atom is -0.347 e. The Labute approximate surface area is 146 Å². The highest BCUT2D eigenvalue weighted by atomic mass is 35.5. The van der Waals surface area contributed by atoms with Crippen molar-refractivity contribution in [2.24, 2.45) is 0 Å². The molecule has 0 saturated heterocycles. The Morgan fingerprint density at radius 3 is 2.74 bits per heavy atom. The lowest BCUT2D eigenvalue weighted by Gasteiger charge is -2.07. The summed E-state index contributed by atoms with van der Waals surface area (Å²) in [6.07, 6.45) is 1.62. The van der Waals surface area contributed by atoms with Gasteiger partial charge in [0.15, 0.2) is 9.96 Å². The molecule has 6 nitrogen and oxygen atoms in total. The maximum Gasteiger partial charge on any atom is 0.258 e. The van der Waals surface area contributed by atoms with E-state index in [9.17, 15) is 4.79 Å². The van der Waals surface area contributed by atoms with Crippen LogP contribution < -0.4 is 10.2 Å². The SMILES string of the molecule is CN(C)c1ncc2nc(NC(=O)c3ccc(Cl)cc3Cl)sc2n1. The number of fused-ring (bicyclic) bond motifs is 1. The minimum absolute atomic E-state index is 0.283. The molecule has 118 valence electrons. The summed E-state index contributed by atoms with van der Waals surface area (Å²) < 4.78 is 0. The van der Waals surface area contributed by atoms with Gasteiger partial charge in [-0.25, -0.2) is 9.97 Å². The zero-order valence-electron chi connectivity index (χ0n) is 12.2. The second-order valence-electron chi connectivity index (χ2n) is 4.85. The zero-order chi connectivity index (χ0) is 16.6. The fraction of sp³-hybridized carbons (Fsp3) is 0.143. The summed E-state index contributed by atoms with van der Waals surface area (Å²) in [7, 11) is 3.71. The largest absolute Gasteiger partial charge is 0.347 e. The molecule has 1 aromatic carbocycles. The number of aromatic nitrogens is 3. The van der Waals surface area contributed by atoms with Gasteiger partial charge in [-0.15, -0.1) is 0 Å². The summed E-state index contributed by atoms with van der Waals surface area (Å²) in [4.78, 5) is 27.6. The van der Waals surface area contributed by atoms with E-state index in [4.69, 9.17) is 23.2 Å². The first kappa shape index (κ1) is 15.9. The van der Waals surface area contributed by atoms with E-state index in [-0.39, 0.29) is 10.9 Å². The molecule has 2 heterocycles. The molecule has 2 aromatic heterocycles. The minimum atomic E-state index is -0.355. The van der Waals surface area contributed by atoms with Crippen molar-refractivity contribution in [3.05, 3.63) is 40.0 Å². The fourth-order valence-corrected chi connectivity index (χ4v) is 3.13. The Morgan fingerprint density at radius 2 is 2.04 bits per heavy atom. The molecule has 0 saturated carbocycles. The Bertz CT molecular complexity index is 896. The van der Waals surface area contributed by atoms with Crippen molar-refractivity contribution in [1.29, 1.82) is 0 Å². The van der Waals surface area contributed by atoms with Crippen LogP contribution >= 0.6 is 34.5 Å². The Balaban J connectivity index is 1.87. The van der Waals surface area contributed by atoms with Crippen molar-refractivity contribution in [1.82, 2.24) is 15.0 Å². The van der Waals surface area contributed by atoms with E-state index in [1.165, 1.54) is 17.4 Å². The van der Waals surface area contributed by atoms with Crippen LogP contribution in [0.25, 0.3) is 10.3 Å². The molecule has 3 aromatic rings. The van der Waals surface area contributed by atoms with E-state index in [1.807, 2.05) is 14.1 Å². The molecule has 0 aliphatic rings. The van der Waals surface area contributed by atoms with Crippen LogP contribution in [0.5, 0.6) is 0 Å². The van der Waals surface area contributed by atoms with Gasteiger partial charge in [0.2, 0.25) is 5.95 Å². The van der Waals surface area contributed by atoms with Crippen LogP contribution in [0.4, 0.5) is 11.1 Å². The van der Waals surface area contributed by atoms with Crippen molar-refractivity contribution in [3.63, 3.8) is 0 Å². The summed E-state index contributed by atoms with van der Waals surface area (Å²) in [5.74, 6) is 0.228. The van der Waals surface area contributed by atoms with Gasteiger partial charge >= 0.3 is 0 Å². The van der Waals surface area contributed by atoms with Gasteiger partial charge in [0.05, 0.1) is 16.8 Å². The number of carbonyl (C=O) groups excluding carboxylic acids is 1. The van der Waals surface area contributed by atoms with Gasteiger partial charge in [-0.1, -0.05) is 34.5 Å². The second-order valence-corrected chi connectivity index (χ2v) is 6.67. The second kappa shape index (κ2) is 6.27. The molecular formula is C14H11Cl2N5OS. The first-order valence-electron chi connectivity index (χ1n) is 6.51. The maximum atomic E-state index is 12.3. The Hall–Kier alpha value is -1.96. The first-order chi connectivity index (χ1) is 10.9. The van der Waals surface area contributed by atoms with Crippen molar-refractivity contribution >= 4 is 61.9 Å². The summed E-state index contributed by atoms with van der Waals surface area (Å²) in [5.41, 5.74) is 0.952. The lowest BCUT2D eigenvalue weighted by atomic mass is 10.2. The molecule has 0 fully saturated rings. The third-order valence-electron chi connectivity index (χ3n) is 2.93. The van der Waals surface area contributed by atoms with E-state index >= 15 is 0 Å². The predicted octanol–water partition coefficient (Wildman–Crippen LogP) is 3.71. The molecule has 0 aliphatic carbocycles. The average molecular weight is 368 g/mol. The monoisotopic (exact) mass is 367 g/mol. The van der Waals surface area contributed by atoms with Gasteiger partial charge in [0, 0.05) is 19.1 Å². The number of nitrogens with zero attached hydrogens (tertiary/aromatic N) is 4. The summed E-state index contributed by atoms with van der Waals surface area (Å²) >= 11 is 13.1. The molecule has 1 N–H and O–H groups in total. The number of hydrogen-bond donors (Lipinski definition) is 1. The molecule has 23 heavy (non-hydrogen) atoms. The molecular weight excluding hydrogens is 357 g/mol. The van der Waals surface area contributed by atoms with E-state index < -0.39 is 0 Å². The third-order valence-corrected chi connectivity index (χ3v) is 4.36. The fourth-order valence-electron chi connectivity index (χ4n) is 1.83. The molecule has 0 atom stereocenters. The number of rotatable bonds is 3. The van der Waals surface area contributed by atoms with Crippen LogP contribution in [-0.2, 0) is 0 Å². The standard InChI is InChI=1S/C14H11Cl2N5OS/c1-21(2)13-17-6-10-12(20-13)23-14(18-10)19-11(22)8-4-3-7(15)5-9(8)16/h3-6H,1-2H3,(H,18,19,22). The highest BCUT2D eigenvalue weighted by Gasteiger charge is 2.14. The molecule has 0 unspecified atom stereocenters. The van der Waals surface area contributed by atoms with E-state index in [1.54, 1.807) is 23.2 Å². The van der Waals surface area contributed by atoms with Crippen LogP contribution in [0.3, 0.4) is 0 Å². The number of thiazole rings is 1. The van der Waals surface area contributed by atoms with Crippen molar-refractivity contribution in [2.75, 3.05) is 24.3 Å². The number of benzene rings is 1. The molecule has 0 aliphatic heterocycles. The maximum absolute atomic E-state index is 12.3. The first-order valence-corrected chi connectivity index (χ1v) is 8.08. The Kier molecular flexibility index (Phi) is 4.34. The number of carbonyl (C=O) groups is 1. The molecule has 1 amide bonds. The summed E-state index contributed by atoms with van der Waals surface area (Å²) in [6, 6.07) is 4.69. The number of hydrogen-bond acceptors (Lipinski definition) is 6. The average Bonchev–Trinajstić information content (AvgIpc) is 2.87. The van der Waals surface area contributed by atoms with Crippen LogP contribution in [0.2, 0.25) is 10.0 Å². The van der Waals surface area contributed by atoms with E-state index in [2.05, 4.69) is 20.3 Å². The van der Waals surface area contributed by atoms with Gasteiger partial charge in [0.25, 0.3) is 5.91 Å². The molecule has 0 radical (unpaired) electrons. The van der Waals surface area contributed by atoms with E-state index in [0.717, 1.165) is 0 Å². The van der Waals surface area contributed by atoms with Gasteiger partial charge in [-0.3, -0.25) is 10.1 Å². The molecule has 3 rings (SSSR count). The topological polar surface area (TPSA) is 71.0 Å². The normalized spacial score (nSPS) is 10.8. The summed E-state index contributed by atoms with van der Waals surface area (Å²) in [6.45, 7) is 0.